The molecule has 0 spiro atoms. The Morgan fingerprint density at radius 2 is 1.87 bits per heavy atom. The van der Waals surface area contributed by atoms with E-state index >= 15 is 0 Å². The molecular weight excluding hydrogens is 413 g/mol. The van der Waals surface area contributed by atoms with E-state index < -0.39 is 0 Å². The number of halogens is 1. The fraction of sp³-hybridized carbons (Fsp3) is 0.348. The Morgan fingerprint density at radius 3 is 2.65 bits per heavy atom. The van der Waals surface area contributed by atoms with Gasteiger partial charge in [-0.1, -0.05) is 0 Å². The van der Waals surface area contributed by atoms with Gasteiger partial charge in [-0.25, -0.2) is 19.3 Å². The minimum atomic E-state index is -0.313. The number of anilines is 3. The molecular formula is C23H24FN5OS. The Kier molecular flexibility index (Phi) is 5.63. The summed E-state index contributed by atoms with van der Waals surface area (Å²) in [5.74, 6) is 1.97. The predicted molar refractivity (Wildman–Crippen MR) is 121 cm³/mol. The lowest BCUT2D eigenvalue weighted by molar-refractivity contribution is 0.163. The minimum Gasteiger partial charge on any atom is -0.474 e. The molecule has 1 fully saturated rings. The number of hydrogen-bond acceptors (Lipinski definition) is 7. The molecule has 2 aromatic heterocycles. The summed E-state index contributed by atoms with van der Waals surface area (Å²) in [5, 5.41) is 0. The van der Waals surface area contributed by atoms with Crippen LogP contribution in [0, 0.1) is 5.82 Å². The van der Waals surface area contributed by atoms with Crippen LogP contribution in [0.1, 0.15) is 18.4 Å². The Balaban J connectivity index is 1.23. The molecule has 0 bridgehead atoms. The molecule has 0 N–H and O–H groups in total. The molecule has 8 heteroatoms. The number of thioether (sulfide) groups is 1. The van der Waals surface area contributed by atoms with E-state index in [2.05, 4.69) is 49.2 Å². The van der Waals surface area contributed by atoms with Gasteiger partial charge in [0.05, 0.1) is 6.20 Å². The molecule has 0 saturated carbocycles. The van der Waals surface area contributed by atoms with Gasteiger partial charge in [-0.3, -0.25) is 0 Å². The summed E-state index contributed by atoms with van der Waals surface area (Å²) in [6.07, 6.45) is 7.78. The molecule has 2 aliphatic rings. The molecule has 0 aliphatic carbocycles. The highest BCUT2D eigenvalue weighted by molar-refractivity contribution is 7.98. The van der Waals surface area contributed by atoms with Gasteiger partial charge < -0.3 is 14.5 Å². The second-order valence-electron chi connectivity index (χ2n) is 7.75. The first-order valence-corrected chi connectivity index (χ1v) is 11.7. The molecule has 2 aliphatic heterocycles. The quantitative estimate of drug-likeness (QED) is 0.546. The number of pyridine rings is 1. The summed E-state index contributed by atoms with van der Waals surface area (Å²) in [6.45, 7) is 2.55. The van der Waals surface area contributed by atoms with Gasteiger partial charge in [-0.15, -0.1) is 11.8 Å². The molecule has 160 valence electrons. The number of rotatable bonds is 5. The number of aromatic nitrogens is 3. The number of ether oxygens (including phenoxy) is 1. The van der Waals surface area contributed by atoms with Crippen LogP contribution in [0.25, 0.3) is 0 Å². The first-order valence-electron chi connectivity index (χ1n) is 10.5. The van der Waals surface area contributed by atoms with E-state index in [1.54, 1.807) is 24.2 Å². The van der Waals surface area contributed by atoms with Gasteiger partial charge in [0.2, 0.25) is 5.88 Å². The molecule has 1 saturated heterocycles. The van der Waals surface area contributed by atoms with Crippen molar-refractivity contribution in [2.75, 3.05) is 35.7 Å². The summed E-state index contributed by atoms with van der Waals surface area (Å²) in [6, 6.07) is 11.7. The molecule has 3 aromatic rings. The van der Waals surface area contributed by atoms with Gasteiger partial charge in [0, 0.05) is 49.1 Å². The number of hydrogen-bond donors (Lipinski definition) is 0. The third kappa shape index (κ3) is 4.30. The van der Waals surface area contributed by atoms with Crippen molar-refractivity contribution in [3.63, 3.8) is 0 Å². The maximum Gasteiger partial charge on any atom is 0.218 e. The zero-order valence-electron chi connectivity index (χ0n) is 17.4. The highest BCUT2D eigenvalue weighted by Crippen LogP contribution is 2.36. The van der Waals surface area contributed by atoms with Crippen LogP contribution in [-0.4, -0.2) is 46.9 Å². The van der Waals surface area contributed by atoms with Crippen molar-refractivity contribution in [2.45, 2.75) is 30.3 Å². The van der Waals surface area contributed by atoms with Gasteiger partial charge in [-0.2, -0.15) is 0 Å². The molecule has 0 radical (unpaired) electrons. The summed E-state index contributed by atoms with van der Waals surface area (Å²) in [7, 11) is 0. The van der Waals surface area contributed by atoms with Crippen molar-refractivity contribution >= 4 is 29.1 Å². The van der Waals surface area contributed by atoms with Crippen molar-refractivity contribution in [2.24, 2.45) is 0 Å². The van der Waals surface area contributed by atoms with Crippen molar-refractivity contribution in [3.05, 3.63) is 60.3 Å². The fourth-order valence-corrected chi connectivity index (χ4v) is 4.68. The second-order valence-corrected chi connectivity index (χ2v) is 8.63. The first kappa shape index (κ1) is 20.1. The largest absolute Gasteiger partial charge is 0.474 e. The van der Waals surface area contributed by atoms with Crippen LogP contribution in [-0.2, 0) is 6.42 Å². The van der Waals surface area contributed by atoms with Crippen LogP contribution in [0.2, 0.25) is 0 Å². The predicted octanol–water partition coefficient (Wildman–Crippen LogP) is 4.47. The van der Waals surface area contributed by atoms with E-state index in [1.807, 2.05) is 6.07 Å². The summed E-state index contributed by atoms with van der Waals surface area (Å²) in [4.78, 5) is 18.7. The topological polar surface area (TPSA) is 54.4 Å². The van der Waals surface area contributed by atoms with Crippen molar-refractivity contribution in [3.8, 4) is 5.88 Å². The molecule has 6 nitrogen and oxygen atoms in total. The monoisotopic (exact) mass is 437 g/mol. The molecule has 0 amide bonds. The van der Waals surface area contributed by atoms with Crippen LogP contribution in [0.15, 0.2) is 53.8 Å². The second kappa shape index (κ2) is 8.70. The van der Waals surface area contributed by atoms with Crippen LogP contribution >= 0.6 is 11.8 Å². The molecule has 4 heterocycles. The van der Waals surface area contributed by atoms with E-state index in [0.717, 1.165) is 50.5 Å². The maximum atomic E-state index is 13.1. The van der Waals surface area contributed by atoms with E-state index in [1.165, 1.54) is 28.4 Å². The Bertz CT molecular complexity index is 1060. The SMILES string of the molecule is CSc1ccc2c(c1)CCN2c1cc(OC2CCN(c3ccc(F)cn3)CC2)ncn1. The standard InChI is InChI=1S/C23H24FN5OS/c1-31-19-3-4-20-16(12-19)6-11-29(20)22-13-23(27-15-26-22)30-18-7-9-28(10-8-18)21-5-2-17(24)14-25-21/h2-5,12-15,18H,6-11H2,1H3. The minimum absolute atomic E-state index is 0.0921. The van der Waals surface area contributed by atoms with Gasteiger partial charge in [-0.05, 0) is 48.6 Å². The molecule has 0 atom stereocenters. The van der Waals surface area contributed by atoms with Crippen molar-refractivity contribution < 1.29 is 9.13 Å². The summed E-state index contributed by atoms with van der Waals surface area (Å²) >= 11 is 1.76. The lowest BCUT2D eigenvalue weighted by Crippen LogP contribution is -2.38. The summed E-state index contributed by atoms with van der Waals surface area (Å²) in [5.41, 5.74) is 2.57. The third-order valence-electron chi connectivity index (χ3n) is 5.85. The molecule has 0 unspecified atom stereocenters. The van der Waals surface area contributed by atoms with Gasteiger partial charge in [0.1, 0.15) is 29.9 Å². The highest BCUT2D eigenvalue weighted by Gasteiger charge is 2.24. The van der Waals surface area contributed by atoms with Gasteiger partial charge in [0.15, 0.2) is 0 Å². The Labute approximate surface area is 185 Å². The van der Waals surface area contributed by atoms with Crippen molar-refractivity contribution in [1.29, 1.82) is 0 Å². The third-order valence-corrected chi connectivity index (χ3v) is 6.58. The average Bonchev–Trinajstić information content (AvgIpc) is 3.23. The van der Waals surface area contributed by atoms with E-state index in [4.69, 9.17) is 4.74 Å². The molecule has 1 aromatic carbocycles. The summed E-state index contributed by atoms with van der Waals surface area (Å²) < 4.78 is 19.3. The zero-order chi connectivity index (χ0) is 21.2. The first-order chi connectivity index (χ1) is 15.2. The molecule has 31 heavy (non-hydrogen) atoms. The molecule has 5 rings (SSSR count). The normalized spacial score (nSPS) is 16.5. The zero-order valence-corrected chi connectivity index (χ0v) is 18.2. The van der Waals surface area contributed by atoms with Gasteiger partial charge in [0.25, 0.3) is 0 Å². The van der Waals surface area contributed by atoms with Crippen LogP contribution in [0.5, 0.6) is 5.88 Å². The highest BCUT2D eigenvalue weighted by atomic mass is 32.2. The Morgan fingerprint density at radius 1 is 1.00 bits per heavy atom. The van der Waals surface area contributed by atoms with Crippen LogP contribution in [0.4, 0.5) is 21.7 Å². The van der Waals surface area contributed by atoms with Crippen LogP contribution in [0.3, 0.4) is 0 Å². The van der Waals surface area contributed by atoms with Gasteiger partial charge >= 0.3 is 0 Å². The number of nitrogens with zero attached hydrogens (tertiary/aromatic N) is 5. The lowest BCUT2D eigenvalue weighted by atomic mass is 10.1. The maximum absolute atomic E-state index is 13.1. The smallest absolute Gasteiger partial charge is 0.218 e. The van der Waals surface area contributed by atoms with Crippen molar-refractivity contribution in [1.82, 2.24) is 15.0 Å². The average molecular weight is 438 g/mol. The van der Waals surface area contributed by atoms with E-state index in [0.29, 0.717) is 5.88 Å². The van der Waals surface area contributed by atoms with E-state index in [9.17, 15) is 4.39 Å². The lowest BCUT2D eigenvalue weighted by Gasteiger charge is -2.32. The number of piperidine rings is 1. The Hall–Kier alpha value is -2.87. The number of fused-ring (bicyclic) bond motifs is 1. The number of benzene rings is 1. The fourth-order valence-electron chi connectivity index (χ4n) is 4.21. The van der Waals surface area contributed by atoms with E-state index in [-0.39, 0.29) is 11.9 Å². The van der Waals surface area contributed by atoms with Crippen LogP contribution < -0.4 is 14.5 Å².